The van der Waals surface area contributed by atoms with Crippen molar-refractivity contribution in [2.75, 3.05) is 13.7 Å². The van der Waals surface area contributed by atoms with E-state index in [0.29, 0.717) is 11.3 Å². The number of nitrogens with zero attached hydrogens (tertiary/aromatic N) is 1. The molecule has 0 heterocycles. The fraction of sp³-hybridized carbons (Fsp3) is 0.391. The molecule has 2 aromatic carbocycles. The molecule has 7 heteroatoms. The average Bonchev–Trinajstić information content (AvgIpc) is 2.69. The largest absolute Gasteiger partial charge is 0.497 e. The number of esters is 1. The first kappa shape index (κ1) is 23.1. The van der Waals surface area contributed by atoms with E-state index < -0.39 is 40.7 Å². The number of ether oxygens (including phenoxy) is 2. The molecule has 0 unspecified atom stereocenters. The lowest BCUT2D eigenvalue weighted by molar-refractivity contribution is -0.484. The Bertz CT molecular complexity index is 871. The van der Waals surface area contributed by atoms with E-state index in [0.717, 1.165) is 5.56 Å². The zero-order valence-corrected chi connectivity index (χ0v) is 17.7. The minimum atomic E-state index is -0.981. The Hall–Kier alpha value is -3.22. The van der Waals surface area contributed by atoms with E-state index in [1.165, 1.54) is 7.11 Å². The quantitative estimate of drug-likeness (QED) is 0.268. The van der Waals surface area contributed by atoms with Gasteiger partial charge in [0.1, 0.15) is 11.4 Å². The maximum absolute atomic E-state index is 13.1. The van der Waals surface area contributed by atoms with Gasteiger partial charge in [-0.2, -0.15) is 0 Å². The van der Waals surface area contributed by atoms with Gasteiger partial charge in [-0.05, 0) is 50.5 Å². The number of Topliss-reactive ketones (excluding diaryl/α,β-unsaturated/α-hetero) is 1. The second kappa shape index (κ2) is 10.0. The highest BCUT2D eigenvalue weighted by molar-refractivity contribution is 6.34. The van der Waals surface area contributed by atoms with Gasteiger partial charge in [0.05, 0.1) is 13.0 Å². The van der Waals surface area contributed by atoms with E-state index >= 15 is 0 Å². The summed E-state index contributed by atoms with van der Waals surface area (Å²) in [5.41, 5.74) is 0.551. The SMILES string of the molecule is COc1ccc([C@@H](C[N+](=O)[O-])[C@@H](Cc2ccccc2)C(=O)C(=O)OC(C)(C)C)cc1. The number of nitro groups is 1. The number of hydrogen-bond acceptors (Lipinski definition) is 6. The van der Waals surface area contributed by atoms with Crippen molar-refractivity contribution in [2.45, 2.75) is 38.7 Å². The molecular formula is C23H27NO6. The molecule has 0 amide bonds. The van der Waals surface area contributed by atoms with E-state index in [1.807, 2.05) is 30.3 Å². The predicted molar refractivity (Wildman–Crippen MR) is 112 cm³/mol. The number of rotatable bonds is 9. The summed E-state index contributed by atoms with van der Waals surface area (Å²) in [5.74, 6) is -2.90. The third-order valence-electron chi connectivity index (χ3n) is 4.61. The number of carbonyl (C=O) groups is 2. The third kappa shape index (κ3) is 6.69. The molecule has 0 fully saturated rings. The summed E-state index contributed by atoms with van der Waals surface area (Å²) in [6.45, 7) is 4.52. The van der Waals surface area contributed by atoms with Crippen LogP contribution in [0.1, 0.15) is 37.8 Å². The Morgan fingerprint density at radius 1 is 1.03 bits per heavy atom. The Morgan fingerprint density at radius 2 is 1.63 bits per heavy atom. The van der Waals surface area contributed by atoms with Crippen molar-refractivity contribution in [2.24, 2.45) is 5.92 Å². The molecule has 0 aliphatic carbocycles. The number of benzene rings is 2. The molecule has 160 valence electrons. The van der Waals surface area contributed by atoms with Crippen LogP contribution in [0.4, 0.5) is 0 Å². The zero-order valence-electron chi connectivity index (χ0n) is 17.7. The molecular weight excluding hydrogens is 386 g/mol. The van der Waals surface area contributed by atoms with Gasteiger partial charge in [-0.1, -0.05) is 42.5 Å². The molecule has 0 spiro atoms. The Balaban J connectivity index is 2.46. The van der Waals surface area contributed by atoms with Gasteiger partial charge in [0.25, 0.3) is 0 Å². The number of ketones is 1. The Morgan fingerprint density at radius 3 is 2.13 bits per heavy atom. The van der Waals surface area contributed by atoms with Crippen LogP contribution in [0.3, 0.4) is 0 Å². The summed E-state index contributed by atoms with van der Waals surface area (Å²) < 4.78 is 10.4. The number of carbonyl (C=O) groups excluding carboxylic acids is 2. The van der Waals surface area contributed by atoms with Crippen LogP contribution in [0, 0.1) is 16.0 Å². The summed E-state index contributed by atoms with van der Waals surface area (Å²) >= 11 is 0. The number of hydrogen-bond donors (Lipinski definition) is 0. The predicted octanol–water partition coefficient (Wildman–Crippen LogP) is 3.83. The first-order valence-electron chi connectivity index (χ1n) is 9.67. The molecule has 0 radical (unpaired) electrons. The van der Waals surface area contributed by atoms with Gasteiger partial charge in [-0.3, -0.25) is 14.9 Å². The zero-order chi connectivity index (χ0) is 22.3. The van der Waals surface area contributed by atoms with Gasteiger partial charge >= 0.3 is 5.97 Å². The van der Waals surface area contributed by atoms with E-state index in [4.69, 9.17) is 9.47 Å². The van der Waals surface area contributed by atoms with E-state index in [-0.39, 0.29) is 6.42 Å². The van der Waals surface area contributed by atoms with Crippen molar-refractivity contribution < 1.29 is 24.0 Å². The molecule has 30 heavy (non-hydrogen) atoms. The molecule has 0 aliphatic heterocycles. The van der Waals surface area contributed by atoms with Crippen LogP contribution in [-0.2, 0) is 20.7 Å². The molecule has 2 aromatic rings. The number of methoxy groups -OCH3 is 1. The maximum atomic E-state index is 13.1. The fourth-order valence-corrected chi connectivity index (χ4v) is 3.24. The molecule has 2 rings (SSSR count). The lowest BCUT2D eigenvalue weighted by Gasteiger charge is -2.25. The topological polar surface area (TPSA) is 95.7 Å². The van der Waals surface area contributed by atoms with Crippen molar-refractivity contribution in [3.63, 3.8) is 0 Å². The first-order chi connectivity index (χ1) is 14.1. The fourth-order valence-electron chi connectivity index (χ4n) is 3.24. The minimum Gasteiger partial charge on any atom is -0.497 e. The first-order valence-corrected chi connectivity index (χ1v) is 9.67. The van der Waals surface area contributed by atoms with Crippen LogP contribution in [0.5, 0.6) is 5.75 Å². The Kier molecular flexibility index (Phi) is 7.69. The highest BCUT2D eigenvalue weighted by atomic mass is 16.6. The van der Waals surface area contributed by atoms with Gasteiger partial charge in [-0.15, -0.1) is 0 Å². The van der Waals surface area contributed by atoms with Gasteiger partial charge in [-0.25, -0.2) is 4.79 Å². The summed E-state index contributed by atoms with van der Waals surface area (Å²) in [6.07, 6.45) is 0.184. The van der Waals surface area contributed by atoms with Crippen molar-refractivity contribution in [3.8, 4) is 5.75 Å². The lowest BCUT2D eigenvalue weighted by Crippen LogP contribution is -2.37. The minimum absolute atomic E-state index is 0.184. The van der Waals surface area contributed by atoms with E-state index in [9.17, 15) is 19.7 Å². The van der Waals surface area contributed by atoms with Crippen LogP contribution in [0.2, 0.25) is 0 Å². The van der Waals surface area contributed by atoms with Crippen molar-refractivity contribution in [1.82, 2.24) is 0 Å². The molecule has 0 aromatic heterocycles. The second-order valence-electron chi connectivity index (χ2n) is 8.06. The van der Waals surface area contributed by atoms with Gasteiger partial charge in [0.2, 0.25) is 12.3 Å². The molecule has 0 saturated heterocycles. The molecule has 0 aliphatic rings. The van der Waals surface area contributed by atoms with Crippen molar-refractivity contribution >= 4 is 11.8 Å². The summed E-state index contributed by atoms with van der Waals surface area (Å²) in [4.78, 5) is 36.6. The molecule has 2 atom stereocenters. The summed E-state index contributed by atoms with van der Waals surface area (Å²) in [7, 11) is 1.52. The molecule has 7 nitrogen and oxygen atoms in total. The highest BCUT2D eigenvalue weighted by Crippen LogP contribution is 2.31. The molecule has 0 saturated carbocycles. The molecule has 0 N–H and O–H groups in total. The summed E-state index contributed by atoms with van der Waals surface area (Å²) in [5, 5.41) is 11.4. The van der Waals surface area contributed by atoms with E-state index in [1.54, 1.807) is 45.0 Å². The van der Waals surface area contributed by atoms with Crippen LogP contribution < -0.4 is 4.74 Å². The summed E-state index contributed by atoms with van der Waals surface area (Å²) in [6, 6.07) is 15.9. The van der Waals surface area contributed by atoms with Crippen molar-refractivity contribution in [3.05, 3.63) is 75.8 Å². The van der Waals surface area contributed by atoms with Gasteiger partial charge in [0, 0.05) is 10.8 Å². The third-order valence-corrected chi connectivity index (χ3v) is 4.61. The average molecular weight is 413 g/mol. The van der Waals surface area contributed by atoms with Crippen LogP contribution in [-0.4, -0.2) is 35.9 Å². The second-order valence-corrected chi connectivity index (χ2v) is 8.06. The normalized spacial score (nSPS) is 13.2. The maximum Gasteiger partial charge on any atom is 0.375 e. The smallest absolute Gasteiger partial charge is 0.375 e. The molecule has 0 bridgehead atoms. The van der Waals surface area contributed by atoms with Crippen LogP contribution >= 0.6 is 0 Å². The van der Waals surface area contributed by atoms with Crippen LogP contribution in [0.15, 0.2) is 54.6 Å². The lowest BCUT2D eigenvalue weighted by atomic mass is 9.79. The van der Waals surface area contributed by atoms with Crippen molar-refractivity contribution in [1.29, 1.82) is 0 Å². The monoisotopic (exact) mass is 413 g/mol. The van der Waals surface area contributed by atoms with E-state index in [2.05, 4.69) is 0 Å². The van der Waals surface area contributed by atoms with Crippen LogP contribution in [0.25, 0.3) is 0 Å². The van der Waals surface area contributed by atoms with Gasteiger partial charge < -0.3 is 9.47 Å². The highest BCUT2D eigenvalue weighted by Gasteiger charge is 2.38. The standard InChI is InChI=1S/C23H27NO6/c1-23(2,3)30-22(26)21(25)19(14-16-8-6-5-7-9-16)20(15-24(27)28)17-10-12-18(29-4)13-11-17/h5-13,19-20H,14-15H2,1-4H3/t19-,20-/m1/s1. The Labute approximate surface area is 176 Å². The van der Waals surface area contributed by atoms with Gasteiger partial charge in [0.15, 0.2) is 0 Å².